The summed E-state index contributed by atoms with van der Waals surface area (Å²) in [6.45, 7) is 3.60. The van der Waals surface area contributed by atoms with E-state index >= 15 is 0 Å². The van der Waals surface area contributed by atoms with Crippen LogP contribution in [0.5, 0.6) is 5.75 Å². The molecule has 2 aromatic carbocycles. The van der Waals surface area contributed by atoms with Crippen molar-refractivity contribution in [3.63, 3.8) is 0 Å². The lowest BCUT2D eigenvalue weighted by Crippen LogP contribution is -2.13. The summed E-state index contributed by atoms with van der Waals surface area (Å²) >= 11 is 0. The number of nitriles is 1. The van der Waals surface area contributed by atoms with Crippen molar-refractivity contribution in [1.82, 2.24) is 0 Å². The molecule has 132 valence electrons. The molecule has 0 aliphatic heterocycles. The zero-order chi connectivity index (χ0) is 19.1. The van der Waals surface area contributed by atoms with E-state index in [0.717, 1.165) is 16.7 Å². The second-order valence-electron chi connectivity index (χ2n) is 5.74. The van der Waals surface area contributed by atoms with Gasteiger partial charge in [0.2, 0.25) is 0 Å². The lowest BCUT2D eigenvalue weighted by Gasteiger charge is -2.12. The third kappa shape index (κ3) is 4.81. The van der Waals surface area contributed by atoms with Gasteiger partial charge in [0.05, 0.1) is 18.7 Å². The fraction of sp³-hybridized carbons (Fsp3) is 0.190. The number of carbonyl (C=O) groups excluding carboxylic acids is 2. The molecule has 5 nitrogen and oxygen atoms in total. The Kier molecular flexibility index (Phi) is 6.29. The van der Waals surface area contributed by atoms with Crippen LogP contribution in [0.15, 0.2) is 42.5 Å². The summed E-state index contributed by atoms with van der Waals surface area (Å²) in [4.78, 5) is 23.4. The lowest BCUT2D eigenvalue weighted by atomic mass is 10.0. The van der Waals surface area contributed by atoms with E-state index in [2.05, 4.69) is 4.74 Å². The number of aryl methyl sites for hydroxylation is 2. The molecular formula is C21H19NO4. The Morgan fingerprint density at radius 3 is 2.27 bits per heavy atom. The van der Waals surface area contributed by atoms with Crippen LogP contribution in [-0.4, -0.2) is 25.5 Å². The maximum atomic E-state index is 12.2. The molecule has 0 radical (unpaired) electrons. The Morgan fingerprint density at radius 1 is 1.12 bits per heavy atom. The quantitative estimate of drug-likeness (QED) is 0.452. The molecule has 0 spiro atoms. The number of esters is 1. The minimum Gasteiger partial charge on any atom is -0.481 e. The van der Waals surface area contributed by atoms with Gasteiger partial charge in [-0.2, -0.15) is 5.26 Å². The minimum atomic E-state index is -0.444. The Bertz CT molecular complexity index is 866. The van der Waals surface area contributed by atoms with Crippen molar-refractivity contribution in [1.29, 1.82) is 5.26 Å². The van der Waals surface area contributed by atoms with Crippen molar-refractivity contribution >= 4 is 17.8 Å². The second kappa shape index (κ2) is 8.63. The topological polar surface area (TPSA) is 76.4 Å². The van der Waals surface area contributed by atoms with E-state index in [4.69, 9.17) is 10.00 Å². The number of ether oxygens (including phenoxy) is 2. The molecule has 0 aliphatic carbocycles. The molecule has 0 atom stereocenters. The van der Waals surface area contributed by atoms with Gasteiger partial charge in [-0.1, -0.05) is 6.08 Å². The fourth-order valence-corrected chi connectivity index (χ4v) is 2.47. The lowest BCUT2D eigenvalue weighted by molar-refractivity contribution is -0.142. The Labute approximate surface area is 152 Å². The number of nitrogens with zero attached hydrogens (tertiary/aromatic N) is 1. The Morgan fingerprint density at radius 2 is 1.73 bits per heavy atom. The largest absolute Gasteiger partial charge is 0.481 e. The van der Waals surface area contributed by atoms with Crippen LogP contribution in [0.2, 0.25) is 0 Å². The van der Waals surface area contributed by atoms with Crippen molar-refractivity contribution < 1.29 is 19.1 Å². The zero-order valence-corrected chi connectivity index (χ0v) is 14.9. The maximum absolute atomic E-state index is 12.2. The summed E-state index contributed by atoms with van der Waals surface area (Å²) in [5.74, 6) is 0.0440. The molecule has 0 heterocycles. The van der Waals surface area contributed by atoms with Crippen LogP contribution in [-0.2, 0) is 9.53 Å². The van der Waals surface area contributed by atoms with Crippen molar-refractivity contribution in [3.8, 4) is 11.8 Å². The number of carbonyl (C=O) groups is 2. The van der Waals surface area contributed by atoms with Crippen LogP contribution in [0.4, 0.5) is 0 Å². The van der Waals surface area contributed by atoms with Gasteiger partial charge in [-0.3, -0.25) is 4.79 Å². The van der Waals surface area contributed by atoms with Crippen LogP contribution in [0, 0.1) is 25.2 Å². The molecule has 0 N–H and O–H groups in total. The summed E-state index contributed by atoms with van der Waals surface area (Å²) in [5, 5.41) is 8.79. The van der Waals surface area contributed by atoms with Gasteiger partial charge in [0.1, 0.15) is 5.75 Å². The second-order valence-corrected chi connectivity index (χ2v) is 5.74. The summed E-state index contributed by atoms with van der Waals surface area (Å²) < 4.78 is 10.1. The van der Waals surface area contributed by atoms with E-state index in [0.29, 0.717) is 16.9 Å². The van der Waals surface area contributed by atoms with Gasteiger partial charge >= 0.3 is 5.97 Å². The van der Waals surface area contributed by atoms with Gasteiger partial charge in [-0.15, -0.1) is 0 Å². The number of methoxy groups -OCH3 is 1. The van der Waals surface area contributed by atoms with Crippen LogP contribution in [0.3, 0.4) is 0 Å². The molecule has 0 saturated carbocycles. The third-order valence-corrected chi connectivity index (χ3v) is 3.77. The molecule has 26 heavy (non-hydrogen) atoms. The first-order chi connectivity index (χ1) is 12.4. The first-order valence-corrected chi connectivity index (χ1v) is 7.98. The molecule has 2 aromatic rings. The fourth-order valence-electron chi connectivity index (χ4n) is 2.47. The molecular weight excluding hydrogens is 330 g/mol. The van der Waals surface area contributed by atoms with Crippen molar-refractivity contribution in [3.05, 3.63) is 70.3 Å². The predicted molar refractivity (Wildman–Crippen MR) is 97.9 cm³/mol. The number of benzene rings is 2. The van der Waals surface area contributed by atoms with Crippen molar-refractivity contribution in [2.24, 2.45) is 0 Å². The van der Waals surface area contributed by atoms with Gasteiger partial charge in [0, 0.05) is 5.56 Å². The predicted octanol–water partition coefficient (Wildman–Crippen LogP) is 3.62. The van der Waals surface area contributed by atoms with Crippen molar-refractivity contribution in [2.75, 3.05) is 13.7 Å². The molecule has 2 rings (SSSR count). The smallest absolute Gasteiger partial charge is 0.343 e. The minimum absolute atomic E-state index is 0.143. The van der Waals surface area contributed by atoms with Crippen LogP contribution >= 0.6 is 0 Å². The Balaban J connectivity index is 2.13. The highest BCUT2D eigenvalue weighted by atomic mass is 16.6. The van der Waals surface area contributed by atoms with Crippen LogP contribution in [0.25, 0.3) is 6.08 Å². The summed E-state index contributed by atoms with van der Waals surface area (Å²) in [6.07, 6.45) is 3.22. The highest BCUT2D eigenvalue weighted by Crippen LogP contribution is 2.25. The highest BCUT2D eigenvalue weighted by Gasteiger charge is 2.09. The van der Waals surface area contributed by atoms with Crippen molar-refractivity contribution in [2.45, 2.75) is 13.8 Å². The monoisotopic (exact) mass is 349 g/mol. The number of rotatable bonds is 6. The number of hydrogen-bond acceptors (Lipinski definition) is 5. The molecule has 0 aliphatic rings. The SMILES string of the molecule is COC(=O)COc1c(C)cc(/C=C/C(=O)c2ccc(C#N)cc2)cc1C. The van der Waals surface area contributed by atoms with Gasteiger partial charge < -0.3 is 9.47 Å². The van der Waals surface area contributed by atoms with Gasteiger partial charge in [0.25, 0.3) is 0 Å². The number of hydrogen-bond donors (Lipinski definition) is 0. The average molecular weight is 349 g/mol. The van der Waals surface area contributed by atoms with E-state index < -0.39 is 5.97 Å². The number of allylic oxidation sites excluding steroid dienone is 1. The maximum Gasteiger partial charge on any atom is 0.343 e. The van der Waals surface area contributed by atoms with E-state index in [9.17, 15) is 9.59 Å². The molecule has 0 aromatic heterocycles. The van der Waals surface area contributed by atoms with Crippen LogP contribution in [0.1, 0.15) is 32.6 Å². The third-order valence-electron chi connectivity index (χ3n) is 3.77. The van der Waals surface area contributed by atoms with Gasteiger partial charge in [0.15, 0.2) is 12.4 Å². The molecule has 0 unspecified atom stereocenters. The normalized spacial score (nSPS) is 10.4. The first kappa shape index (κ1) is 18.9. The van der Waals surface area contributed by atoms with E-state index in [1.807, 2.05) is 32.0 Å². The Hall–Kier alpha value is -3.39. The van der Waals surface area contributed by atoms with Gasteiger partial charge in [-0.05, 0) is 73.0 Å². The average Bonchev–Trinajstić information content (AvgIpc) is 2.65. The van der Waals surface area contributed by atoms with Crippen LogP contribution < -0.4 is 4.74 Å². The highest BCUT2D eigenvalue weighted by molar-refractivity contribution is 6.06. The molecule has 0 bridgehead atoms. The summed E-state index contributed by atoms with van der Waals surface area (Å²) in [6, 6.07) is 12.3. The van der Waals surface area contributed by atoms with E-state index in [1.165, 1.54) is 13.2 Å². The first-order valence-electron chi connectivity index (χ1n) is 7.98. The number of ketones is 1. The molecule has 0 fully saturated rings. The summed E-state index contributed by atoms with van der Waals surface area (Å²) in [5.41, 5.74) is 3.61. The molecule has 0 amide bonds. The standard InChI is InChI=1S/C21H19NO4/c1-14-10-17(11-15(2)21(14)26-13-20(24)25-3)6-9-19(23)18-7-4-16(12-22)5-8-18/h4-11H,13H2,1-3H3/b9-6+. The van der Waals surface area contributed by atoms with E-state index in [1.54, 1.807) is 30.3 Å². The van der Waals surface area contributed by atoms with E-state index in [-0.39, 0.29) is 12.4 Å². The van der Waals surface area contributed by atoms with Gasteiger partial charge in [-0.25, -0.2) is 4.79 Å². The molecule has 5 heteroatoms. The zero-order valence-electron chi connectivity index (χ0n) is 14.9. The molecule has 0 saturated heterocycles. The summed E-state index contributed by atoms with van der Waals surface area (Å²) in [7, 11) is 1.31.